The van der Waals surface area contributed by atoms with Crippen LogP contribution in [0.15, 0.2) is 9.95 Å². The third-order valence-electron chi connectivity index (χ3n) is 4.38. The minimum atomic E-state index is -0.277. The lowest BCUT2D eigenvalue weighted by molar-refractivity contribution is -0.125. The smallest absolute Gasteiger partial charge is 0.260 e. The van der Waals surface area contributed by atoms with E-state index in [0.717, 1.165) is 29.7 Å². The minimum Gasteiger partial charge on any atom is -0.352 e. The summed E-state index contributed by atoms with van der Waals surface area (Å²) in [7, 11) is 0. The van der Waals surface area contributed by atoms with Gasteiger partial charge in [0.05, 0.1) is 17.7 Å². The van der Waals surface area contributed by atoms with Crippen LogP contribution >= 0.6 is 23.1 Å². The van der Waals surface area contributed by atoms with E-state index in [1.54, 1.807) is 11.3 Å². The topological polar surface area (TPSA) is 104 Å². The molecule has 3 N–H and O–H groups in total. The van der Waals surface area contributed by atoms with Crippen LogP contribution in [0.5, 0.6) is 0 Å². The molecule has 146 valence electrons. The Bertz CT molecular complexity index is 919. The lowest BCUT2D eigenvalue weighted by atomic mass is 9.89. The summed E-state index contributed by atoms with van der Waals surface area (Å²) < 4.78 is 0. The number of nitrogens with zero attached hydrogens (tertiary/aromatic N) is 1. The summed E-state index contributed by atoms with van der Waals surface area (Å²) in [6, 6.07) is 0.0318. The van der Waals surface area contributed by atoms with Crippen LogP contribution in [0.4, 0.5) is 0 Å². The molecule has 0 aliphatic heterocycles. The Labute approximate surface area is 165 Å². The lowest BCUT2D eigenvalue weighted by Crippen LogP contribution is -2.40. The molecule has 2 aromatic heterocycles. The summed E-state index contributed by atoms with van der Waals surface area (Å²) in [6.45, 7) is 5.89. The van der Waals surface area contributed by atoms with E-state index in [1.807, 2.05) is 13.8 Å². The summed E-state index contributed by atoms with van der Waals surface area (Å²) >= 11 is 2.75. The Morgan fingerprint density at radius 1 is 1.37 bits per heavy atom. The van der Waals surface area contributed by atoms with E-state index >= 15 is 0 Å². The largest absolute Gasteiger partial charge is 0.352 e. The zero-order chi connectivity index (χ0) is 19.6. The van der Waals surface area contributed by atoms with E-state index in [1.165, 1.54) is 16.6 Å². The molecule has 0 radical (unpaired) electrons. The van der Waals surface area contributed by atoms with Crippen LogP contribution in [0.25, 0.3) is 10.2 Å². The van der Waals surface area contributed by atoms with Crippen molar-refractivity contribution in [2.75, 3.05) is 12.3 Å². The third kappa shape index (κ3) is 4.90. The number of H-pyrrole nitrogens is 1. The number of aromatic nitrogens is 2. The van der Waals surface area contributed by atoms with Crippen molar-refractivity contribution < 1.29 is 9.59 Å². The number of aromatic amines is 1. The van der Waals surface area contributed by atoms with E-state index < -0.39 is 0 Å². The van der Waals surface area contributed by atoms with Crippen molar-refractivity contribution in [2.45, 2.75) is 51.2 Å². The predicted molar refractivity (Wildman–Crippen MR) is 108 cm³/mol. The molecule has 9 heteroatoms. The van der Waals surface area contributed by atoms with Gasteiger partial charge >= 0.3 is 0 Å². The fourth-order valence-corrected chi connectivity index (χ4v) is 5.27. The standard InChI is InChI=1S/C18H24N4O3S2/c1-9(2)20-13(23)7-19-14(24)8-26-18-21-16(25)15-11-5-4-10(3)6-12(11)27-17(15)22-18/h9-10H,4-8H2,1-3H3,(H,19,24)(H,20,23)(H,21,22,25)/t10-/m1/s1. The normalized spacial score (nSPS) is 16.4. The fraction of sp³-hybridized carbons (Fsp3) is 0.556. The number of carbonyl (C=O) groups excluding carboxylic acids is 2. The van der Waals surface area contributed by atoms with Gasteiger partial charge < -0.3 is 15.6 Å². The number of rotatable bonds is 6. The molecule has 0 saturated heterocycles. The first-order chi connectivity index (χ1) is 12.8. The first-order valence-corrected chi connectivity index (χ1v) is 10.9. The Morgan fingerprint density at radius 3 is 2.89 bits per heavy atom. The molecule has 0 saturated carbocycles. The monoisotopic (exact) mass is 408 g/mol. The van der Waals surface area contributed by atoms with E-state index in [2.05, 4.69) is 27.5 Å². The van der Waals surface area contributed by atoms with Crippen LogP contribution in [0.3, 0.4) is 0 Å². The van der Waals surface area contributed by atoms with Gasteiger partial charge in [0.15, 0.2) is 5.16 Å². The van der Waals surface area contributed by atoms with Gasteiger partial charge in [-0.05, 0) is 44.6 Å². The van der Waals surface area contributed by atoms with Gasteiger partial charge in [-0.15, -0.1) is 11.3 Å². The quantitative estimate of drug-likeness (QED) is 0.500. The highest BCUT2D eigenvalue weighted by atomic mass is 32.2. The highest BCUT2D eigenvalue weighted by Gasteiger charge is 2.23. The van der Waals surface area contributed by atoms with Crippen molar-refractivity contribution in [1.82, 2.24) is 20.6 Å². The highest BCUT2D eigenvalue weighted by Crippen LogP contribution is 2.36. The molecule has 27 heavy (non-hydrogen) atoms. The maximum absolute atomic E-state index is 12.5. The van der Waals surface area contributed by atoms with E-state index in [-0.39, 0.29) is 35.7 Å². The van der Waals surface area contributed by atoms with Crippen molar-refractivity contribution >= 4 is 45.1 Å². The molecule has 1 aliphatic rings. The molecule has 0 bridgehead atoms. The second-order valence-corrected chi connectivity index (χ2v) is 9.24. The average molecular weight is 409 g/mol. The van der Waals surface area contributed by atoms with E-state index in [9.17, 15) is 14.4 Å². The second kappa shape index (κ2) is 8.43. The van der Waals surface area contributed by atoms with Crippen molar-refractivity contribution in [3.8, 4) is 0 Å². The van der Waals surface area contributed by atoms with Crippen molar-refractivity contribution in [3.05, 3.63) is 20.8 Å². The maximum Gasteiger partial charge on any atom is 0.260 e. The van der Waals surface area contributed by atoms with Crippen molar-refractivity contribution in [3.63, 3.8) is 0 Å². The van der Waals surface area contributed by atoms with Crippen LogP contribution in [-0.2, 0) is 22.4 Å². The Kier molecular flexibility index (Phi) is 6.21. The van der Waals surface area contributed by atoms with Gasteiger partial charge in [0.2, 0.25) is 11.8 Å². The summed E-state index contributed by atoms with van der Waals surface area (Å²) in [5.74, 6) is 0.219. The molecule has 0 fully saturated rings. The van der Waals surface area contributed by atoms with Crippen LogP contribution in [-0.4, -0.2) is 40.1 Å². The molecule has 0 unspecified atom stereocenters. The zero-order valence-corrected chi connectivity index (χ0v) is 17.3. The Balaban J connectivity index is 1.63. The van der Waals surface area contributed by atoms with Gasteiger partial charge in [-0.25, -0.2) is 4.98 Å². The van der Waals surface area contributed by atoms with Gasteiger partial charge in [0.1, 0.15) is 4.83 Å². The second-order valence-electron chi connectivity index (χ2n) is 7.19. The number of fused-ring (bicyclic) bond motifs is 3. The predicted octanol–water partition coefficient (Wildman–Crippen LogP) is 1.84. The zero-order valence-electron chi connectivity index (χ0n) is 15.7. The molecule has 2 amide bonds. The molecule has 3 rings (SSSR count). The van der Waals surface area contributed by atoms with Crippen LogP contribution in [0.2, 0.25) is 0 Å². The fourth-order valence-electron chi connectivity index (χ4n) is 3.13. The number of hydrogen-bond donors (Lipinski definition) is 3. The molecule has 2 heterocycles. The molecule has 1 atom stereocenters. The van der Waals surface area contributed by atoms with Crippen molar-refractivity contribution in [2.24, 2.45) is 5.92 Å². The van der Waals surface area contributed by atoms with Gasteiger partial charge in [0.25, 0.3) is 5.56 Å². The highest BCUT2D eigenvalue weighted by molar-refractivity contribution is 7.99. The first kappa shape index (κ1) is 19.9. The number of hydrogen-bond acceptors (Lipinski definition) is 6. The van der Waals surface area contributed by atoms with Gasteiger partial charge in [0, 0.05) is 10.9 Å². The molecule has 0 spiro atoms. The summed E-state index contributed by atoms with van der Waals surface area (Å²) in [6.07, 6.45) is 3.02. The molecule has 0 aromatic carbocycles. The number of thioether (sulfide) groups is 1. The van der Waals surface area contributed by atoms with Crippen molar-refractivity contribution in [1.29, 1.82) is 0 Å². The van der Waals surface area contributed by atoms with Crippen LogP contribution in [0.1, 0.15) is 37.6 Å². The molecule has 7 nitrogen and oxygen atoms in total. The molecule has 1 aliphatic carbocycles. The summed E-state index contributed by atoms with van der Waals surface area (Å²) in [5.41, 5.74) is 1.01. The molecular weight excluding hydrogens is 384 g/mol. The van der Waals surface area contributed by atoms with Gasteiger partial charge in [-0.2, -0.15) is 0 Å². The van der Waals surface area contributed by atoms with E-state index in [0.29, 0.717) is 16.5 Å². The minimum absolute atomic E-state index is 0.0318. The maximum atomic E-state index is 12.5. The SMILES string of the molecule is CC(C)NC(=O)CNC(=O)CSc1nc2sc3c(c2c(=O)[nH]1)CC[C@@H](C)C3. The summed E-state index contributed by atoms with van der Waals surface area (Å²) in [4.78, 5) is 45.3. The van der Waals surface area contributed by atoms with Crippen LogP contribution < -0.4 is 16.2 Å². The number of nitrogens with one attached hydrogen (secondary N) is 3. The average Bonchev–Trinajstić information content (AvgIpc) is 2.95. The Morgan fingerprint density at radius 2 is 2.15 bits per heavy atom. The van der Waals surface area contributed by atoms with Gasteiger partial charge in [-0.3, -0.25) is 14.4 Å². The van der Waals surface area contributed by atoms with Gasteiger partial charge in [-0.1, -0.05) is 18.7 Å². The third-order valence-corrected chi connectivity index (χ3v) is 6.40. The number of thiophene rings is 1. The van der Waals surface area contributed by atoms with Crippen LogP contribution in [0, 0.1) is 5.92 Å². The molecule has 2 aromatic rings. The number of amides is 2. The van der Waals surface area contributed by atoms with E-state index in [4.69, 9.17) is 0 Å². The molecular formula is C18H24N4O3S2. The lowest BCUT2D eigenvalue weighted by Gasteiger charge is -2.17. The Hall–Kier alpha value is -1.87. The summed E-state index contributed by atoms with van der Waals surface area (Å²) in [5, 5.41) is 6.41. The number of carbonyl (C=O) groups is 2. The first-order valence-electron chi connectivity index (χ1n) is 9.07. The number of aryl methyl sites for hydroxylation is 1.